The summed E-state index contributed by atoms with van der Waals surface area (Å²) >= 11 is 0. The highest BCUT2D eigenvalue weighted by molar-refractivity contribution is 7.53. The van der Waals surface area contributed by atoms with Crippen molar-refractivity contribution in [1.29, 1.82) is 0 Å². The van der Waals surface area contributed by atoms with Crippen molar-refractivity contribution in [2.45, 2.75) is 44.7 Å². The Morgan fingerprint density at radius 1 is 1.11 bits per heavy atom. The summed E-state index contributed by atoms with van der Waals surface area (Å²) in [5.74, 6) is 0.0131. The van der Waals surface area contributed by atoms with Gasteiger partial charge in [-0.3, -0.25) is 4.57 Å². The number of aromatic hydroxyl groups is 2. The molecule has 0 atom stereocenters. The molecule has 6 heteroatoms. The van der Waals surface area contributed by atoms with Crippen molar-refractivity contribution in [2.75, 3.05) is 0 Å². The van der Waals surface area contributed by atoms with Gasteiger partial charge >= 0.3 is 7.60 Å². The van der Waals surface area contributed by atoms with E-state index in [1.54, 1.807) is 13.8 Å². The van der Waals surface area contributed by atoms with Crippen LogP contribution in [0.25, 0.3) is 0 Å². The molecule has 1 rings (SSSR count). The summed E-state index contributed by atoms with van der Waals surface area (Å²) in [6.07, 6.45) is 0.168. The number of hydrogen-bond acceptors (Lipinski definition) is 3. The van der Waals surface area contributed by atoms with Crippen LogP contribution in [0.3, 0.4) is 0 Å². The smallest absolute Gasteiger partial charge is 0.331 e. The SMILES string of the molecule is CC(C)(CC(C)(C)P(=O)(O)O)c1cc(O)ccc1O. The van der Waals surface area contributed by atoms with E-state index >= 15 is 0 Å². The van der Waals surface area contributed by atoms with Gasteiger partial charge in [-0.1, -0.05) is 13.8 Å². The molecule has 0 amide bonds. The maximum absolute atomic E-state index is 11.5. The largest absolute Gasteiger partial charge is 0.508 e. The van der Waals surface area contributed by atoms with Crippen LogP contribution in [0, 0.1) is 0 Å². The van der Waals surface area contributed by atoms with Crippen molar-refractivity contribution >= 4 is 7.60 Å². The molecule has 0 saturated heterocycles. The van der Waals surface area contributed by atoms with Gasteiger partial charge in [0, 0.05) is 5.56 Å². The predicted octanol–water partition coefficient (Wildman–Crippen LogP) is 2.72. The zero-order valence-corrected chi connectivity index (χ0v) is 12.5. The molecule has 0 radical (unpaired) electrons. The topological polar surface area (TPSA) is 98.0 Å². The minimum Gasteiger partial charge on any atom is -0.508 e. The van der Waals surface area contributed by atoms with Gasteiger partial charge in [0.05, 0.1) is 5.16 Å². The summed E-state index contributed by atoms with van der Waals surface area (Å²) in [7, 11) is -4.26. The molecular formula is C13H21O5P. The first-order valence-corrected chi connectivity index (χ1v) is 7.56. The van der Waals surface area contributed by atoms with Crippen LogP contribution in [0.1, 0.15) is 39.7 Å². The second-order valence-electron chi connectivity index (χ2n) is 6.12. The standard InChI is InChI=1S/C13H21O5P/c1-12(2,8-13(3,4)19(16,17)18)10-7-9(14)5-6-11(10)15/h5-7,14-15H,8H2,1-4H3,(H2,16,17,18). The molecule has 0 fully saturated rings. The second kappa shape index (κ2) is 4.82. The number of rotatable bonds is 4. The van der Waals surface area contributed by atoms with Crippen LogP contribution < -0.4 is 0 Å². The number of phenols is 2. The molecule has 0 unspecified atom stereocenters. The highest BCUT2D eigenvalue weighted by Crippen LogP contribution is 2.55. The van der Waals surface area contributed by atoms with Crippen molar-refractivity contribution in [3.63, 3.8) is 0 Å². The van der Waals surface area contributed by atoms with Crippen LogP contribution in [-0.2, 0) is 9.98 Å². The van der Waals surface area contributed by atoms with Gasteiger partial charge in [0.2, 0.25) is 0 Å². The van der Waals surface area contributed by atoms with Crippen molar-refractivity contribution in [3.8, 4) is 11.5 Å². The van der Waals surface area contributed by atoms with Gasteiger partial charge in [-0.25, -0.2) is 0 Å². The van der Waals surface area contributed by atoms with Crippen molar-refractivity contribution in [1.82, 2.24) is 0 Å². The molecule has 0 saturated carbocycles. The maximum atomic E-state index is 11.5. The van der Waals surface area contributed by atoms with Crippen LogP contribution in [0.5, 0.6) is 11.5 Å². The molecule has 5 nitrogen and oxygen atoms in total. The van der Waals surface area contributed by atoms with E-state index in [2.05, 4.69) is 0 Å². The van der Waals surface area contributed by atoms with Crippen LogP contribution in [-0.4, -0.2) is 25.2 Å². The summed E-state index contributed by atoms with van der Waals surface area (Å²) < 4.78 is 11.5. The summed E-state index contributed by atoms with van der Waals surface area (Å²) in [6, 6.07) is 4.16. The van der Waals surface area contributed by atoms with E-state index in [1.165, 1.54) is 32.0 Å². The third-order valence-corrected chi connectivity index (χ3v) is 5.11. The minimum absolute atomic E-state index is 0.00399. The van der Waals surface area contributed by atoms with E-state index in [0.29, 0.717) is 5.56 Å². The molecule has 0 aliphatic rings. The van der Waals surface area contributed by atoms with Crippen LogP contribution in [0.4, 0.5) is 0 Å². The van der Waals surface area contributed by atoms with Crippen LogP contribution in [0.15, 0.2) is 18.2 Å². The highest BCUT2D eigenvalue weighted by Gasteiger charge is 2.43. The molecule has 19 heavy (non-hydrogen) atoms. The van der Waals surface area contributed by atoms with E-state index in [4.69, 9.17) is 0 Å². The molecule has 0 aliphatic heterocycles. The van der Waals surface area contributed by atoms with E-state index in [1.807, 2.05) is 0 Å². The predicted molar refractivity (Wildman–Crippen MR) is 73.5 cm³/mol. The molecule has 108 valence electrons. The van der Waals surface area contributed by atoms with Gasteiger partial charge in [-0.2, -0.15) is 0 Å². The Hall–Kier alpha value is -1.03. The number of hydrogen-bond donors (Lipinski definition) is 4. The lowest BCUT2D eigenvalue weighted by Crippen LogP contribution is -2.31. The Labute approximate surface area is 113 Å². The Morgan fingerprint density at radius 3 is 2.11 bits per heavy atom. The summed E-state index contributed by atoms with van der Waals surface area (Å²) in [6.45, 7) is 6.54. The second-order valence-corrected chi connectivity index (χ2v) is 8.42. The van der Waals surface area contributed by atoms with E-state index in [9.17, 15) is 24.6 Å². The van der Waals surface area contributed by atoms with Crippen molar-refractivity contribution < 1.29 is 24.6 Å². The molecule has 0 aliphatic carbocycles. The molecule has 1 aromatic carbocycles. The lowest BCUT2D eigenvalue weighted by molar-refractivity contribution is 0.301. The zero-order chi connectivity index (χ0) is 15.1. The Bertz CT molecular complexity index is 516. The molecule has 1 aromatic rings. The van der Waals surface area contributed by atoms with Gasteiger partial charge in [0.25, 0.3) is 0 Å². The number of phenolic OH excluding ortho intramolecular Hbond substituents is 2. The Balaban J connectivity index is 3.18. The van der Waals surface area contributed by atoms with Crippen LogP contribution in [0.2, 0.25) is 0 Å². The Kier molecular flexibility index (Phi) is 4.06. The van der Waals surface area contributed by atoms with Gasteiger partial charge in [-0.15, -0.1) is 0 Å². The third-order valence-electron chi connectivity index (χ3n) is 3.37. The maximum Gasteiger partial charge on any atom is 0.331 e. The first-order valence-electron chi connectivity index (χ1n) is 5.95. The summed E-state index contributed by atoms with van der Waals surface area (Å²) in [5, 5.41) is 18.1. The van der Waals surface area contributed by atoms with Gasteiger partial charge in [-0.05, 0) is 43.9 Å². The first-order chi connectivity index (χ1) is 8.37. The number of benzene rings is 1. The summed E-state index contributed by atoms with van der Waals surface area (Å²) in [5.41, 5.74) is -0.220. The van der Waals surface area contributed by atoms with Crippen molar-refractivity contribution in [3.05, 3.63) is 23.8 Å². The van der Waals surface area contributed by atoms with Gasteiger partial charge < -0.3 is 20.0 Å². The van der Waals surface area contributed by atoms with E-state index in [-0.39, 0.29) is 17.9 Å². The fourth-order valence-electron chi connectivity index (χ4n) is 2.35. The molecule has 4 N–H and O–H groups in total. The van der Waals surface area contributed by atoms with Crippen molar-refractivity contribution in [2.24, 2.45) is 0 Å². The quantitative estimate of drug-likeness (QED) is 0.504. The van der Waals surface area contributed by atoms with Crippen LogP contribution >= 0.6 is 7.60 Å². The van der Waals surface area contributed by atoms with E-state index < -0.39 is 18.2 Å². The lowest BCUT2D eigenvalue weighted by Gasteiger charge is -2.35. The molecule has 0 heterocycles. The molecule has 0 bridgehead atoms. The zero-order valence-electron chi connectivity index (χ0n) is 11.6. The average molecular weight is 288 g/mol. The molecule has 0 spiro atoms. The van der Waals surface area contributed by atoms with E-state index in [0.717, 1.165) is 0 Å². The summed E-state index contributed by atoms with van der Waals surface area (Å²) in [4.78, 5) is 18.8. The Morgan fingerprint density at radius 2 is 1.63 bits per heavy atom. The minimum atomic E-state index is -4.26. The highest BCUT2D eigenvalue weighted by atomic mass is 31.2. The molecular weight excluding hydrogens is 267 g/mol. The lowest BCUT2D eigenvalue weighted by atomic mass is 9.77. The fourth-order valence-corrected chi connectivity index (χ4v) is 2.95. The first kappa shape index (κ1) is 16.0. The fraction of sp³-hybridized carbons (Fsp3) is 0.538. The van der Waals surface area contributed by atoms with Gasteiger partial charge in [0.1, 0.15) is 11.5 Å². The monoisotopic (exact) mass is 288 g/mol. The third kappa shape index (κ3) is 3.50. The average Bonchev–Trinajstić information content (AvgIpc) is 2.18. The molecule has 0 aromatic heterocycles. The normalized spacial score (nSPS) is 13.6. The van der Waals surface area contributed by atoms with Gasteiger partial charge in [0.15, 0.2) is 0 Å².